The molecule has 0 aliphatic rings. The number of benzene rings is 1. The van der Waals surface area contributed by atoms with Gasteiger partial charge < -0.3 is 4.79 Å². The van der Waals surface area contributed by atoms with E-state index in [0.717, 1.165) is 25.5 Å². The van der Waals surface area contributed by atoms with Crippen LogP contribution in [-0.4, -0.2) is 6.29 Å². The van der Waals surface area contributed by atoms with Gasteiger partial charge in [0.1, 0.15) is 6.29 Å². The molecule has 0 heterocycles. The Bertz CT molecular complexity index is 326. The largest absolute Gasteiger partial charge is 0.303 e. The van der Waals surface area contributed by atoms with Crippen LogP contribution in [0.4, 0.5) is 0 Å². The van der Waals surface area contributed by atoms with Crippen molar-refractivity contribution < 1.29 is 4.79 Å². The van der Waals surface area contributed by atoms with Gasteiger partial charge in [0.25, 0.3) is 0 Å². The fourth-order valence-corrected chi connectivity index (χ4v) is 1.66. The molecule has 1 aromatic carbocycles. The molecule has 0 radical (unpaired) electrons. The number of hydrogen-bond acceptors (Lipinski definition) is 1. The monoisotopic (exact) mass is 204 g/mol. The topological polar surface area (TPSA) is 17.1 Å². The van der Waals surface area contributed by atoms with Crippen LogP contribution in [0.3, 0.4) is 0 Å². The predicted molar refractivity (Wildman–Crippen MR) is 64.0 cm³/mol. The molecule has 0 saturated carbocycles. The quantitative estimate of drug-likeness (QED) is 0.672. The van der Waals surface area contributed by atoms with Crippen molar-refractivity contribution in [2.75, 3.05) is 0 Å². The zero-order chi connectivity index (χ0) is 11.3. The molecule has 0 aliphatic heterocycles. The first kappa shape index (κ1) is 12.0. The first-order valence-electron chi connectivity index (χ1n) is 5.62. The Labute approximate surface area is 92.5 Å². The van der Waals surface area contributed by atoms with Crippen molar-refractivity contribution in [2.45, 2.75) is 40.0 Å². The van der Waals surface area contributed by atoms with Crippen LogP contribution < -0.4 is 0 Å². The Morgan fingerprint density at radius 2 is 1.80 bits per heavy atom. The normalized spacial score (nSPS) is 11.4. The maximum atomic E-state index is 10.8. The van der Waals surface area contributed by atoms with E-state index in [-0.39, 0.29) is 5.41 Å². The van der Waals surface area contributed by atoms with Gasteiger partial charge in [0, 0.05) is 5.41 Å². The zero-order valence-corrected chi connectivity index (χ0v) is 9.92. The van der Waals surface area contributed by atoms with E-state index in [1.165, 1.54) is 11.1 Å². The maximum Gasteiger partial charge on any atom is 0.125 e. The van der Waals surface area contributed by atoms with Gasteiger partial charge in [-0.3, -0.25) is 0 Å². The molecule has 0 amide bonds. The molecule has 1 nitrogen and oxygen atoms in total. The van der Waals surface area contributed by atoms with Gasteiger partial charge in [0.05, 0.1) is 0 Å². The van der Waals surface area contributed by atoms with E-state index in [9.17, 15) is 4.79 Å². The summed E-state index contributed by atoms with van der Waals surface area (Å²) in [6.45, 7) is 6.16. The number of carbonyl (C=O) groups is 1. The Morgan fingerprint density at radius 1 is 1.20 bits per heavy atom. The lowest BCUT2D eigenvalue weighted by Crippen LogP contribution is -2.14. The molecule has 0 N–H and O–H groups in total. The molecular formula is C14H20O. The second-order valence-electron chi connectivity index (χ2n) is 4.73. The summed E-state index contributed by atoms with van der Waals surface area (Å²) >= 11 is 0. The minimum absolute atomic E-state index is 0.194. The van der Waals surface area contributed by atoms with Crippen molar-refractivity contribution in [3.63, 3.8) is 0 Å². The fraction of sp³-hybridized carbons (Fsp3) is 0.500. The average Bonchev–Trinajstić information content (AvgIpc) is 2.27. The van der Waals surface area contributed by atoms with E-state index in [1.807, 2.05) is 13.8 Å². The first-order valence-corrected chi connectivity index (χ1v) is 5.62. The van der Waals surface area contributed by atoms with Crippen molar-refractivity contribution in [3.8, 4) is 0 Å². The summed E-state index contributed by atoms with van der Waals surface area (Å²) in [6.07, 6.45) is 4.04. The van der Waals surface area contributed by atoms with Crippen LogP contribution in [0.2, 0.25) is 0 Å². The molecule has 1 rings (SSSR count). The molecule has 15 heavy (non-hydrogen) atoms. The number of hydrogen-bond donors (Lipinski definition) is 0. The van der Waals surface area contributed by atoms with Crippen molar-refractivity contribution in [2.24, 2.45) is 5.41 Å². The highest BCUT2D eigenvalue weighted by molar-refractivity contribution is 5.57. The molecule has 0 aliphatic carbocycles. The second-order valence-corrected chi connectivity index (χ2v) is 4.73. The van der Waals surface area contributed by atoms with Gasteiger partial charge >= 0.3 is 0 Å². The van der Waals surface area contributed by atoms with Gasteiger partial charge in [-0.05, 0) is 30.4 Å². The number of aryl methyl sites for hydroxylation is 2. The summed E-state index contributed by atoms with van der Waals surface area (Å²) < 4.78 is 0. The maximum absolute atomic E-state index is 10.8. The van der Waals surface area contributed by atoms with E-state index in [2.05, 4.69) is 31.2 Å². The molecule has 0 aromatic heterocycles. The summed E-state index contributed by atoms with van der Waals surface area (Å²) in [6, 6.07) is 8.48. The Kier molecular flexibility index (Phi) is 4.07. The van der Waals surface area contributed by atoms with E-state index in [0.29, 0.717) is 0 Å². The molecule has 0 saturated heterocycles. The van der Waals surface area contributed by atoms with Crippen molar-refractivity contribution >= 4 is 6.29 Å². The standard InChI is InChI=1S/C14H20O/c1-4-12-7-5-6-8-13(12)9-10-14(2,3)11-15/h5-8,11H,4,9-10H2,1-3H3. The van der Waals surface area contributed by atoms with Crippen molar-refractivity contribution in [1.29, 1.82) is 0 Å². The van der Waals surface area contributed by atoms with Crippen LogP contribution in [-0.2, 0) is 17.6 Å². The highest BCUT2D eigenvalue weighted by atomic mass is 16.1. The molecule has 1 aromatic rings. The van der Waals surface area contributed by atoms with Gasteiger partial charge in [-0.2, -0.15) is 0 Å². The van der Waals surface area contributed by atoms with E-state index in [1.54, 1.807) is 0 Å². The second kappa shape index (κ2) is 5.11. The van der Waals surface area contributed by atoms with Crippen LogP contribution in [0.15, 0.2) is 24.3 Å². The van der Waals surface area contributed by atoms with Crippen LogP contribution in [0, 0.1) is 5.41 Å². The van der Waals surface area contributed by atoms with Crippen LogP contribution in [0.25, 0.3) is 0 Å². The van der Waals surface area contributed by atoms with E-state index >= 15 is 0 Å². The van der Waals surface area contributed by atoms with Crippen molar-refractivity contribution in [3.05, 3.63) is 35.4 Å². The van der Waals surface area contributed by atoms with Crippen LogP contribution in [0.1, 0.15) is 38.3 Å². The van der Waals surface area contributed by atoms with Gasteiger partial charge in [-0.25, -0.2) is 0 Å². The molecule has 82 valence electrons. The molecule has 1 heteroatoms. The number of aldehydes is 1. The smallest absolute Gasteiger partial charge is 0.125 e. The number of carbonyl (C=O) groups excluding carboxylic acids is 1. The van der Waals surface area contributed by atoms with E-state index < -0.39 is 0 Å². The van der Waals surface area contributed by atoms with Gasteiger partial charge in [-0.15, -0.1) is 0 Å². The summed E-state index contributed by atoms with van der Waals surface area (Å²) in [5, 5.41) is 0. The molecule has 0 atom stereocenters. The average molecular weight is 204 g/mol. The van der Waals surface area contributed by atoms with Gasteiger partial charge in [0.15, 0.2) is 0 Å². The minimum atomic E-state index is -0.194. The van der Waals surface area contributed by atoms with Crippen molar-refractivity contribution in [1.82, 2.24) is 0 Å². The van der Waals surface area contributed by atoms with E-state index in [4.69, 9.17) is 0 Å². The third-order valence-corrected chi connectivity index (χ3v) is 2.86. The van der Waals surface area contributed by atoms with Gasteiger partial charge in [0.2, 0.25) is 0 Å². The first-order chi connectivity index (χ1) is 7.09. The Balaban J connectivity index is 2.68. The Hall–Kier alpha value is -1.11. The number of rotatable bonds is 5. The van der Waals surface area contributed by atoms with Crippen LogP contribution >= 0.6 is 0 Å². The SMILES string of the molecule is CCc1ccccc1CCC(C)(C)C=O. The lowest BCUT2D eigenvalue weighted by atomic mass is 9.87. The highest BCUT2D eigenvalue weighted by Gasteiger charge is 2.16. The lowest BCUT2D eigenvalue weighted by Gasteiger charge is -2.17. The molecule has 0 bridgehead atoms. The third-order valence-electron chi connectivity index (χ3n) is 2.86. The minimum Gasteiger partial charge on any atom is -0.303 e. The Morgan fingerprint density at radius 3 is 2.33 bits per heavy atom. The highest BCUT2D eigenvalue weighted by Crippen LogP contribution is 2.21. The summed E-state index contributed by atoms with van der Waals surface area (Å²) in [5.74, 6) is 0. The van der Waals surface area contributed by atoms with Gasteiger partial charge in [-0.1, -0.05) is 45.0 Å². The predicted octanol–water partition coefficient (Wildman–Crippen LogP) is 3.41. The molecular weight excluding hydrogens is 184 g/mol. The molecule has 0 spiro atoms. The fourth-order valence-electron chi connectivity index (χ4n) is 1.66. The summed E-state index contributed by atoms with van der Waals surface area (Å²) in [7, 11) is 0. The zero-order valence-electron chi connectivity index (χ0n) is 9.92. The third kappa shape index (κ3) is 3.50. The summed E-state index contributed by atoms with van der Waals surface area (Å²) in [5.41, 5.74) is 2.59. The molecule has 0 fully saturated rings. The lowest BCUT2D eigenvalue weighted by molar-refractivity contribution is -0.114. The van der Waals surface area contributed by atoms with Crippen LogP contribution in [0.5, 0.6) is 0 Å². The summed E-state index contributed by atoms with van der Waals surface area (Å²) in [4.78, 5) is 10.8. The molecule has 0 unspecified atom stereocenters.